The molecule has 10 aromatic rings. The van der Waals surface area contributed by atoms with Gasteiger partial charge < -0.3 is 4.74 Å². The maximum atomic E-state index is 6.67. The summed E-state index contributed by atoms with van der Waals surface area (Å²) in [6, 6.07) is 72.6. The van der Waals surface area contributed by atoms with E-state index in [0.29, 0.717) is 17.5 Å². The summed E-state index contributed by atoms with van der Waals surface area (Å²) >= 11 is 0. The third-order valence-electron chi connectivity index (χ3n) is 12.3. The van der Waals surface area contributed by atoms with E-state index in [-0.39, 0.29) is 0 Å². The topological polar surface area (TPSA) is 60.8 Å². The number of rotatable bonds is 6. The minimum Gasteiger partial charge on any atom is -0.457 e. The van der Waals surface area contributed by atoms with Crippen LogP contribution >= 0.6 is 0 Å². The lowest BCUT2D eigenvalue weighted by Gasteiger charge is -2.39. The molecular formula is C57H36N4O. The molecule has 290 valence electrons. The molecule has 1 spiro atoms. The van der Waals surface area contributed by atoms with Gasteiger partial charge in [0.25, 0.3) is 0 Å². The maximum absolute atomic E-state index is 6.67. The summed E-state index contributed by atoms with van der Waals surface area (Å²) in [5, 5.41) is 0. The fourth-order valence-electron chi connectivity index (χ4n) is 9.45. The van der Waals surface area contributed by atoms with E-state index in [4.69, 9.17) is 19.7 Å². The number of ether oxygens (including phenoxy) is 1. The first-order valence-electron chi connectivity index (χ1n) is 20.9. The van der Waals surface area contributed by atoms with Gasteiger partial charge in [-0.15, -0.1) is 0 Å². The molecule has 0 bridgehead atoms. The van der Waals surface area contributed by atoms with Gasteiger partial charge in [0.15, 0.2) is 17.5 Å². The SMILES string of the molecule is c1ccc(-c2nc(-c3ccccc3)nc(-c3cccc(-c4cccc(-c5ccc6c(c5)C5(c7ccccc7Oc7ccccc75)c5cc(-c7cccnc7)ccc5-6)c4)c3)n2)cc1. The van der Waals surface area contributed by atoms with Gasteiger partial charge in [-0.3, -0.25) is 4.98 Å². The Morgan fingerprint density at radius 3 is 1.26 bits per heavy atom. The molecule has 1 aliphatic carbocycles. The number of pyridine rings is 1. The smallest absolute Gasteiger partial charge is 0.164 e. The Kier molecular flexibility index (Phi) is 8.32. The lowest BCUT2D eigenvalue weighted by atomic mass is 9.65. The molecular weight excluding hydrogens is 757 g/mol. The van der Waals surface area contributed by atoms with E-state index in [2.05, 4.69) is 145 Å². The highest BCUT2D eigenvalue weighted by Gasteiger charge is 2.51. The Hall–Kier alpha value is -8.28. The van der Waals surface area contributed by atoms with Crippen LogP contribution < -0.4 is 4.74 Å². The molecule has 1 aliphatic heterocycles. The molecule has 0 fully saturated rings. The molecule has 0 radical (unpaired) electrons. The highest BCUT2D eigenvalue weighted by atomic mass is 16.5. The van der Waals surface area contributed by atoms with Gasteiger partial charge in [0.05, 0.1) is 5.41 Å². The van der Waals surface area contributed by atoms with Gasteiger partial charge in [0.1, 0.15) is 11.5 Å². The molecule has 5 heteroatoms. The second-order valence-corrected chi connectivity index (χ2v) is 15.8. The third kappa shape index (κ3) is 5.78. The first-order valence-corrected chi connectivity index (χ1v) is 20.9. The first kappa shape index (κ1) is 35.6. The second kappa shape index (κ2) is 14.5. The fraction of sp³-hybridized carbons (Fsp3) is 0.0175. The molecule has 2 aromatic heterocycles. The summed E-state index contributed by atoms with van der Waals surface area (Å²) in [7, 11) is 0. The summed E-state index contributed by atoms with van der Waals surface area (Å²) in [5.41, 5.74) is 16.0. The Labute approximate surface area is 359 Å². The van der Waals surface area contributed by atoms with E-state index in [0.717, 1.165) is 72.7 Å². The van der Waals surface area contributed by atoms with Gasteiger partial charge in [0.2, 0.25) is 0 Å². The van der Waals surface area contributed by atoms with Crippen LogP contribution in [0.1, 0.15) is 22.3 Å². The quantitative estimate of drug-likeness (QED) is 0.168. The highest BCUT2D eigenvalue weighted by molar-refractivity contribution is 5.92. The fourth-order valence-corrected chi connectivity index (χ4v) is 9.45. The molecule has 0 amide bonds. The number of para-hydroxylation sites is 2. The van der Waals surface area contributed by atoms with Crippen LogP contribution in [-0.2, 0) is 5.41 Å². The molecule has 2 aliphatic rings. The van der Waals surface area contributed by atoms with Crippen LogP contribution in [0.25, 0.3) is 78.7 Å². The predicted octanol–water partition coefficient (Wildman–Crippen LogP) is 13.7. The Morgan fingerprint density at radius 1 is 0.306 bits per heavy atom. The molecule has 0 unspecified atom stereocenters. The second-order valence-electron chi connectivity index (χ2n) is 15.8. The Morgan fingerprint density at radius 2 is 0.726 bits per heavy atom. The van der Waals surface area contributed by atoms with Crippen LogP contribution in [0.2, 0.25) is 0 Å². The predicted molar refractivity (Wildman–Crippen MR) is 248 cm³/mol. The van der Waals surface area contributed by atoms with Crippen LogP contribution in [0, 0.1) is 0 Å². The zero-order chi connectivity index (χ0) is 41.0. The van der Waals surface area contributed by atoms with E-state index in [1.165, 1.54) is 22.3 Å². The number of benzene rings is 8. The largest absolute Gasteiger partial charge is 0.457 e. The number of hydrogen-bond acceptors (Lipinski definition) is 5. The van der Waals surface area contributed by atoms with E-state index in [1.54, 1.807) is 0 Å². The number of aromatic nitrogens is 4. The van der Waals surface area contributed by atoms with Crippen molar-refractivity contribution < 1.29 is 4.74 Å². The van der Waals surface area contributed by atoms with E-state index >= 15 is 0 Å². The highest BCUT2D eigenvalue weighted by Crippen LogP contribution is 2.62. The maximum Gasteiger partial charge on any atom is 0.164 e. The van der Waals surface area contributed by atoms with Gasteiger partial charge in [-0.1, -0.05) is 164 Å². The number of fused-ring (bicyclic) bond motifs is 9. The van der Waals surface area contributed by atoms with E-state index < -0.39 is 5.41 Å². The van der Waals surface area contributed by atoms with Crippen LogP contribution in [0.5, 0.6) is 11.5 Å². The summed E-state index contributed by atoms with van der Waals surface area (Å²) in [5.74, 6) is 3.65. The first-order chi connectivity index (χ1) is 30.7. The van der Waals surface area contributed by atoms with Crippen LogP contribution in [0.3, 0.4) is 0 Å². The van der Waals surface area contributed by atoms with Crippen molar-refractivity contribution in [3.63, 3.8) is 0 Å². The van der Waals surface area contributed by atoms with Crippen molar-refractivity contribution in [1.82, 2.24) is 19.9 Å². The summed E-state index contributed by atoms with van der Waals surface area (Å²) in [4.78, 5) is 19.4. The van der Waals surface area contributed by atoms with Gasteiger partial charge in [-0.25, -0.2) is 15.0 Å². The van der Waals surface area contributed by atoms with Crippen molar-refractivity contribution >= 4 is 0 Å². The van der Waals surface area contributed by atoms with Crippen molar-refractivity contribution in [3.05, 3.63) is 241 Å². The van der Waals surface area contributed by atoms with Crippen molar-refractivity contribution in [1.29, 1.82) is 0 Å². The molecule has 12 rings (SSSR count). The molecule has 5 nitrogen and oxygen atoms in total. The Bertz CT molecular complexity index is 3230. The zero-order valence-electron chi connectivity index (χ0n) is 33.5. The molecule has 8 aromatic carbocycles. The Balaban J connectivity index is 0.990. The van der Waals surface area contributed by atoms with Crippen molar-refractivity contribution in [2.45, 2.75) is 5.41 Å². The van der Waals surface area contributed by atoms with Crippen molar-refractivity contribution in [2.24, 2.45) is 0 Å². The molecule has 0 atom stereocenters. The van der Waals surface area contributed by atoms with Crippen molar-refractivity contribution in [2.75, 3.05) is 0 Å². The zero-order valence-corrected chi connectivity index (χ0v) is 33.5. The lowest BCUT2D eigenvalue weighted by Crippen LogP contribution is -2.32. The molecule has 0 saturated carbocycles. The molecule has 0 saturated heterocycles. The summed E-state index contributed by atoms with van der Waals surface area (Å²) in [6.07, 6.45) is 3.77. The van der Waals surface area contributed by atoms with E-state index in [9.17, 15) is 0 Å². The monoisotopic (exact) mass is 792 g/mol. The average Bonchev–Trinajstić information content (AvgIpc) is 3.64. The normalized spacial score (nSPS) is 12.8. The van der Waals surface area contributed by atoms with Gasteiger partial charge >= 0.3 is 0 Å². The van der Waals surface area contributed by atoms with Gasteiger partial charge in [0, 0.05) is 40.2 Å². The van der Waals surface area contributed by atoms with Crippen LogP contribution in [0.15, 0.2) is 219 Å². The molecule has 0 N–H and O–H groups in total. The molecule has 3 heterocycles. The third-order valence-corrected chi connectivity index (χ3v) is 12.3. The van der Waals surface area contributed by atoms with Crippen LogP contribution in [0.4, 0.5) is 0 Å². The summed E-state index contributed by atoms with van der Waals surface area (Å²) in [6.45, 7) is 0. The average molecular weight is 793 g/mol. The summed E-state index contributed by atoms with van der Waals surface area (Å²) < 4.78 is 6.67. The molecule has 62 heavy (non-hydrogen) atoms. The van der Waals surface area contributed by atoms with Gasteiger partial charge in [-0.2, -0.15) is 0 Å². The van der Waals surface area contributed by atoms with Crippen LogP contribution in [-0.4, -0.2) is 19.9 Å². The van der Waals surface area contributed by atoms with Gasteiger partial charge in [-0.05, 0) is 98.1 Å². The minimum atomic E-state index is -0.613. The minimum absolute atomic E-state index is 0.613. The van der Waals surface area contributed by atoms with E-state index in [1.807, 2.05) is 79.1 Å². The number of nitrogens with zero attached hydrogens (tertiary/aromatic N) is 4. The standard InChI is InChI=1S/C57H36N4O/c1-3-14-37(15-4-1)54-59-55(38-16-5-2-6-17-38)61-56(60-54)44-21-12-20-41(33-44)39-18-11-19-40(32-39)42-27-29-46-47-30-28-43(45-22-13-31-58-36-45)35-51(47)57(50(46)34-42)48-23-7-9-25-52(48)62-53-26-10-8-24-49(53)57/h1-36H. The van der Waals surface area contributed by atoms with Crippen molar-refractivity contribution in [3.8, 4) is 90.2 Å². The number of hydrogen-bond donors (Lipinski definition) is 0. The lowest BCUT2D eigenvalue weighted by molar-refractivity contribution is 0.436.